The monoisotopic (exact) mass is 317 g/mol. The van der Waals surface area contributed by atoms with Crippen molar-refractivity contribution >= 4 is 35.6 Å². The lowest BCUT2D eigenvalue weighted by Crippen LogP contribution is -2.37. The predicted molar refractivity (Wildman–Crippen MR) is 81.1 cm³/mol. The topological polar surface area (TPSA) is 80.2 Å². The number of aldehydes is 1. The fourth-order valence-corrected chi connectivity index (χ4v) is 2.01. The van der Waals surface area contributed by atoms with Crippen LogP contribution in [0.5, 0.6) is 0 Å². The van der Waals surface area contributed by atoms with E-state index in [9.17, 15) is 14.4 Å². The summed E-state index contributed by atoms with van der Waals surface area (Å²) in [6, 6.07) is 4.57. The van der Waals surface area contributed by atoms with Crippen LogP contribution in [0.15, 0.2) is 30.6 Å². The normalized spacial score (nSPS) is 10.1. The highest BCUT2D eigenvalue weighted by Crippen LogP contribution is 2.17. The molecule has 112 valence electrons. The second-order valence-electron chi connectivity index (χ2n) is 4.55. The van der Waals surface area contributed by atoms with E-state index in [2.05, 4.69) is 9.97 Å². The Bertz CT molecular complexity index is 744. The summed E-state index contributed by atoms with van der Waals surface area (Å²) in [5.41, 5.74) is 1.32. The summed E-state index contributed by atoms with van der Waals surface area (Å²) in [5.74, 6) is -1.14. The zero-order valence-corrected chi connectivity index (χ0v) is 12.7. The molecular weight excluding hydrogens is 306 g/mol. The number of hydrogen-bond acceptors (Lipinski definition) is 5. The highest BCUT2D eigenvalue weighted by atomic mass is 35.5. The summed E-state index contributed by atoms with van der Waals surface area (Å²) in [6.45, 7) is 2.92. The van der Waals surface area contributed by atoms with Crippen LogP contribution in [-0.4, -0.2) is 28.1 Å². The number of hydrogen-bond donors (Lipinski definition) is 0. The average Bonchev–Trinajstić information content (AvgIpc) is 2.48. The molecule has 1 heterocycles. The molecular formula is C15H12ClN3O3. The predicted octanol–water partition coefficient (Wildman–Crippen LogP) is 2.44. The van der Waals surface area contributed by atoms with E-state index < -0.39 is 11.8 Å². The van der Waals surface area contributed by atoms with Crippen molar-refractivity contribution in [1.82, 2.24) is 9.97 Å². The van der Waals surface area contributed by atoms with Gasteiger partial charge in [0, 0.05) is 18.1 Å². The van der Waals surface area contributed by atoms with Crippen molar-refractivity contribution in [3.63, 3.8) is 0 Å². The number of aryl methyl sites for hydroxylation is 1. The van der Waals surface area contributed by atoms with Gasteiger partial charge in [0.25, 0.3) is 5.91 Å². The molecule has 22 heavy (non-hydrogen) atoms. The second kappa shape index (κ2) is 6.44. The van der Waals surface area contributed by atoms with Crippen LogP contribution in [0.25, 0.3) is 0 Å². The van der Waals surface area contributed by atoms with Crippen molar-refractivity contribution in [1.29, 1.82) is 0 Å². The van der Waals surface area contributed by atoms with Crippen molar-refractivity contribution in [3.8, 4) is 0 Å². The highest BCUT2D eigenvalue weighted by Gasteiger charge is 2.25. The first-order valence-corrected chi connectivity index (χ1v) is 6.70. The minimum Gasteiger partial charge on any atom is -0.298 e. The van der Waals surface area contributed by atoms with Gasteiger partial charge in [0.15, 0.2) is 0 Å². The fraction of sp³-hybridized carbons (Fsp3) is 0.133. The molecule has 0 fully saturated rings. The maximum absolute atomic E-state index is 12.6. The Morgan fingerprint density at radius 1 is 1.23 bits per heavy atom. The number of rotatable bonds is 3. The lowest BCUT2D eigenvalue weighted by molar-refractivity contribution is -0.116. The zero-order chi connectivity index (χ0) is 16.3. The Kier molecular flexibility index (Phi) is 4.62. The Morgan fingerprint density at radius 2 is 1.86 bits per heavy atom. The molecule has 0 spiro atoms. The largest absolute Gasteiger partial charge is 0.298 e. The third-order valence-electron chi connectivity index (χ3n) is 2.94. The molecule has 0 saturated carbocycles. The number of benzene rings is 1. The van der Waals surface area contributed by atoms with E-state index in [-0.39, 0.29) is 5.95 Å². The number of nitrogens with zero attached hydrogens (tertiary/aromatic N) is 3. The van der Waals surface area contributed by atoms with Crippen LogP contribution in [0, 0.1) is 6.92 Å². The van der Waals surface area contributed by atoms with Gasteiger partial charge in [-0.25, -0.2) is 14.9 Å². The number of amides is 2. The van der Waals surface area contributed by atoms with Crippen molar-refractivity contribution in [2.75, 3.05) is 4.90 Å². The third kappa shape index (κ3) is 3.17. The van der Waals surface area contributed by atoms with Gasteiger partial charge in [-0.15, -0.1) is 0 Å². The Labute approximate surface area is 131 Å². The molecule has 0 atom stereocenters. The summed E-state index contributed by atoms with van der Waals surface area (Å²) in [6.07, 6.45) is 3.29. The Hall–Kier alpha value is -2.60. The maximum atomic E-state index is 12.6. The summed E-state index contributed by atoms with van der Waals surface area (Å²) in [4.78, 5) is 43.8. The van der Waals surface area contributed by atoms with Gasteiger partial charge in [-0.05, 0) is 24.6 Å². The number of halogens is 1. The number of anilines is 1. The molecule has 6 nitrogen and oxygen atoms in total. The standard InChI is InChI=1S/C15H12ClN3O3/c1-9-5-11(8-20)3-4-13(9)14(22)19(10(2)21)15-17-6-12(16)7-18-15/h3-8H,1-2H3. The molecule has 0 unspecified atom stereocenters. The number of imide groups is 1. The van der Waals surface area contributed by atoms with E-state index in [1.807, 2.05) is 0 Å². The molecule has 7 heteroatoms. The number of aromatic nitrogens is 2. The van der Waals surface area contributed by atoms with E-state index >= 15 is 0 Å². The number of carbonyl (C=O) groups is 3. The first-order valence-electron chi connectivity index (χ1n) is 6.32. The third-order valence-corrected chi connectivity index (χ3v) is 3.14. The summed E-state index contributed by atoms with van der Waals surface area (Å²) in [5, 5.41) is 0.297. The molecule has 1 aromatic heterocycles. The molecule has 0 bridgehead atoms. The van der Waals surface area contributed by atoms with E-state index in [0.717, 1.165) is 4.90 Å². The van der Waals surface area contributed by atoms with Crippen LogP contribution in [0.2, 0.25) is 5.02 Å². The van der Waals surface area contributed by atoms with Gasteiger partial charge >= 0.3 is 0 Å². The summed E-state index contributed by atoms with van der Waals surface area (Å²) in [7, 11) is 0. The van der Waals surface area contributed by atoms with Crippen molar-refractivity contribution in [3.05, 3.63) is 52.3 Å². The summed E-state index contributed by atoms with van der Waals surface area (Å²) < 4.78 is 0. The highest BCUT2D eigenvalue weighted by molar-refractivity contribution is 6.30. The summed E-state index contributed by atoms with van der Waals surface area (Å²) >= 11 is 5.70. The fourth-order valence-electron chi connectivity index (χ4n) is 1.92. The molecule has 2 amide bonds. The minimum atomic E-state index is -0.565. The molecule has 0 aliphatic carbocycles. The maximum Gasteiger partial charge on any atom is 0.267 e. The average molecular weight is 318 g/mol. The van der Waals surface area contributed by atoms with Crippen LogP contribution < -0.4 is 4.90 Å². The molecule has 2 rings (SSSR count). The number of carbonyl (C=O) groups excluding carboxylic acids is 3. The van der Waals surface area contributed by atoms with E-state index in [1.54, 1.807) is 13.0 Å². The molecule has 0 aliphatic heterocycles. The molecule has 2 aromatic rings. The van der Waals surface area contributed by atoms with Crippen molar-refractivity contribution in [2.24, 2.45) is 0 Å². The van der Waals surface area contributed by atoms with E-state index in [1.165, 1.54) is 31.5 Å². The zero-order valence-electron chi connectivity index (χ0n) is 11.9. The molecule has 0 aliphatic rings. The van der Waals surface area contributed by atoms with Crippen LogP contribution in [-0.2, 0) is 4.79 Å². The lowest BCUT2D eigenvalue weighted by Gasteiger charge is -2.18. The van der Waals surface area contributed by atoms with Crippen LogP contribution in [0.3, 0.4) is 0 Å². The van der Waals surface area contributed by atoms with Crippen LogP contribution in [0.1, 0.15) is 33.2 Å². The van der Waals surface area contributed by atoms with Crippen LogP contribution >= 0.6 is 11.6 Å². The molecule has 0 saturated heterocycles. The molecule has 0 N–H and O–H groups in total. The van der Waals surface area contributed by atoms with Crippen LogP contribution in [0.4, 0.5) is 5.95 Å². The van der Waals surface area contributed by atoms with Gasteiger partial charge in [-0.1, -0.05) is 17.7 Å². The first kappa shape index (κ1) is 15.8. The van der Waals surface area contributed by atoms with Crippen molar-refractivity contribution < 1.29 is 14.4 Å². The molecule has 0 radical (unpaired) electrons. The quantitative estimate of drug-likeness (QED) is 0.812. The SMILES string of the molecule is CC(=O)N(C(=O)c1ccc(C=O)cc1C)c1ncc(Cl)cn1. The lowest BCUT2D eigenvalue weighted by atomic mass is 10.0. The smallest absolute Gasteiger partial charge is 0.267 e. The van der Waals surface area contributed by atoms with E-state index in [0.29, 0.717) is 28.0 Å². The van der Waals surface area contributed by atoms with Gasteiger partial charge in [0.1, 0.15) is 6.29 Å². The van der Waals surface area contributed by atoms with Gasteiger partial charge in [-0.3, -0.25) is 14.4 Å². The first-order chi connectivity index (χ1) is 10.4. The van der Waals surface area contributed by atoms with Gasteiger partial charge in [0.05, 0.1) is 17.4 Å². The molecule has 1 aromatic carbocycles. The second-order valence-corrected chi connectivity index (χ2v) is 4.99. The Balaban J connectivity index is 2.45. The van der Waals surface area contributed by atoms with Crippen molar-refractivity contribution in [2.45, 2.75) is 13.8 Å². The Morgan fingerprint density at radius 3 is 2.36 bits per heavy atom. The minimum absolute atomic E-state index is 0.0548. The van der Waals surface area contributed by atoms with Gasteiger partial charge in [0.2, 0.25) is 11.9 Å². The van der Waals surface area contributed by atoms with Gasteiger partial charge in [-0.2, -0.15) is 0 Å². The van der Waals surface area contributed by atoms with E-state index in [4.69, 9.17) is 11.6 Å². The van der Waals surface area contributed by atoms with Gasteiger partial charge < -0.3 is 0 Å².